The zero-order valence-electron chi connectivity index (χ0n) is 15.1. The van der Waals surface area contributed by atoms with Gasteiger partial charge in [0.25, 0.3) is 0 Å². The number of rotatable bonds is 4. The molecule has 7 nitrogen and oxygen atoms in total. The molecule has 0 aliphatic heterocycles. The van der Waals surface area contributed by atoms with Crippen molar-refractivity contribution < 1.29 is 9.53 Å². The maximum Gasteiger partial charge on any atom is 0.327 e. The van der Waals surface area contributed by atoms with Crippen molar-refractivity contribution >= 4 is 22.8 Å². The molecule has 3 aromatic rings. The van der Waals surface area contributed by atoms with Crippen LogP contribution in [0.25, 0.3) is 11.2 Å². The lowest BCUT2D eigenvalue weighted by Crippen LogP contribution is -2.31. The first-order chi connectivity index (χ1) is 13.2. The molecular formula is C20H22N4O3. The summed E-state index contributed by atoms with van der Waals surface area (Å²) in [6.07, 6.45) is 4.77. The third kappa shape index (κ3) is 3.45. The summed E-state index contributed by atoms with van der Waals surface area (Å²) in [6.45, 7) is 0. The van der Waals surface area contributed by atoms with E-state index >= 15 is 0 Å². The highest BCUT2D eigenvalue weighted by Gasteiger charge is 2.29. The molecule has 0 spiro atoms. The predicted octanol–water partition coefficient (Wildman–Crippen LogP) is 3.10. The summed E-state index contributed by atoms with van der Waals surface area (Å²) in [7, 11) is 1.61. The molecule has 1 aromatic carbocycles. The second-order valence-electron chi connectivity index (χ2n) is 6.89. The Balaban J connectivity index is 1.41. The van der Waals surface area contributed by atoms with Crippen LogP contribution in [0.5, 0.6) is 5.75 Å². The first-order valence-electron chi connectivity index (χ1n) is 9.16. The second kappa shape index (κ2) is 7.26. The number of pyridine rings is 1. The molecule has 0 bridgehead atoms. The van der Waals surface area contributed by atoms with Crippen LogP contribution in [0.2, 0.25) is 0 Å². The number of benzene rings is 1. The monoisotopic (exact) mass is 366 g/mol. The fourth-order valence-corrected chi connectivity index (χ4v) is 3.84. The highest BCUT2D eigenvalue weighted by atomic mass is 16.5. The minimum absolute atomic E-state index is 0.0338. The van der Waals surface area contributed by atoms with Gasteiger partial charge in [0.15, 0.2) is 5.65 Å². The van der Waals surface area contributed by atoms with Gasteiger partial charge in [0.1, 0.15) is 5.75 Å². The summed E-state index contributed by atoms with van der Waals surface area (Å²) in [5.41, 5.74) is 2.08. The average Bonchev–Trinajstić information content (AvgIpc) is 3.04. The van der Waals surface area contributed by atoms with Crippen LogP contribution in [0, 0.1) is 5.92 Å². The lowest BCUT2D eigenvalue weighted by Gasteiger charge is -2.28. The number of H-pyrrole nitrogens is 1. The molecule has 0 unspecified atom stereocenters. The van der Waals surface area contributed by atoms with Gasteiger partial charge in [-0.15, -0.1) is 0 Å². The van der Waals surface area contributed by atoms with Crippen LogP contribution in [0.1, 0.15) is 31.7 Å². The molecule has 4 rings (SSSR count). The Bertz CT molecular complexity index is 998. The van der Waals surface area contributed by atoms with E-state index < -0.39 is 0 Å². The standard InChI is InChI=1S/C20H22N4O3/c1-27-16-10-6-14(7-11-16)22-19(25)13-4-8-15(9-5-13)24-17-3-2-12-21-18(17)23-20(24)26/h2-3,6-7,10-13,15H,4-5,8-9H2,1H3,(H,22,25)(H,21,23,26). The van der Waals surface area contributed by atoms with Gasteiger partial charge < -0.3 is 10.1 Å². The Labute approximate surface area is 156 Å². The van der Waals surface area contributed by atoms with Crippen LogP contribution in [0.3, 0.4) is 0 Å². The number of hydrogen-bond donors (Lipinski definition) is 2. The number of fused-ring (bicyclic) bond motifs is 1. The Morgan fingerprint density at radius 2 is 1.93 bits per heavy atom. The predicted molar refractivity (Wildman–Crippen MR) is 103 cm³/mol. The van der Waals surface area contributed by atoms with Gasteiger partial charge in [-0.1, -0.05) is 0 Å². The van der Waals surface area contributed by atoms with Crippen molar-refractivity contribution in [2.24, 2.45) is 5.92 Å². The zero-order valence-corrected chi connectivity index (χ0v) is 15.1. The number of hydrogen-bond acceptors (Lipinski definition) is 4. The molecule has 27 heavy (non-hydrogen) atoms. The van der Waals surface area contributed by atoms with E-state index in [-0.39, 0.29) is 23.6 Å². The quantitative estimate of drug-likeness (QED) is 0.742. The Kier molecular flexibility index (Phi) is 4.66. The number of methoxy groups -OCH3 is 1. The first kappa shape index (κ1) is 17.3. The number of amides is 1. The Morgan fingerprint density at radius 1 is 1.19 bits per heavy atom. The molecule has 2 heterocycles. The second-order valence-corrected chi connectivity index (χ2v) is 6.89. The molecule has 1 amide bonds. The van der Waals surface area contributed by atoms with Crippen LogP contribution in [0.4, 0.5) is 5.69 Å². The van der Waals surface area contributed by atoms with Gasteiger partial charge in [-0.2, -0.15) is 0 Å². The molecule has 1 saturated carbocycles. The van der Waals surface area contributed by atoms with E-state index in [2.05, 4.69) is 15.3 Å². The van der Waals surface area contributed by atoms with Crippen LogP contribution >= 0.6 is 0 Å². The number of aromatic nitrogens is 3. The molecule has 0 atom stereocenters. The van der Waals surface area contributed by atoms with Crippen molar-refractivity contribution in [2.75, 3.05) is 12.4 Å². The fourth-order valence-electron chi connectivity index (χ4n) is 3.84. The lowest BCUT2D eigenvalue weighted by molar-refractivity contribution is -0.121. The van der Waals surface area contributed by atoms with E-state index in [9.17, 15) is 9.59 Å². The van der Waals surface area contributed by atoms with E-state index in [0.29, 0.717) is 5.65 Å². The smallest absolute Gasteiger partial charge is 0.327 e. The van der Waals surface area contributed by atoms with Crippen molar-refractivity contribution in [3.63, 3.8) is 0 Å². The molecule has 1 aliphatic carbocycles. The number of imidazole rings is 1. The molecule has 140 valence electrons. The van der Waals surface area contributed by atoms with Crippen molar-refractivity contribution in [2.45, 2.75) is 31.7 Å². The Morgan fingerprint density at radius 3 is 2.63 bits per heavy atom. The number of aromatic amines is 1. The summed E-state index contributed by atoms with van der Waals surface area (Å²) in [5, 5.41) is 2.97. The van der Waals surface area contributed by atoms with E-state index in [1.165, 1.54) is 0 Å². The van der Waals surface area contributed by atoms with E-state index in [1.54, 1.807) is 17.9 Å². The molecule has 1 fully saturated rings. The van der Waals surface area contributed by atoms with Gasteiger partial charge in [0.05, 0.1) is 12.6 Å². The summed E-state index contributed by atoms with van der Waals surface area (Å²) >= 11 is 0. The number of ether oxygens (including phenoxy) is 1. The molecule has 1 aliphatic rings. The fraction of sp³-hybridized carbons (Fsp3) is 0.350. The van der Waals surface area contributed by atoms with Crippen LogP contribution in [-0.4, -0.2) is 27.6 Å². The maximum absolute atomic E-state index is 12.6. The highest BCUT2D eigenvalue weighted by molar-refractivity contribution is 5.92. The molecule has 2 N–H and O–H groups in total. The highest BCUT2D eigenvalue weighted by Crippen LogP contribution is 2.33. The normalized spacial score (nSPS) is 19.7. The molecular weight excluding hydrogens is 344 g/mol. The average molecular weight is 366 g/mol. The summed E-state index contributed by atoms with van der Waals surface area (Å²) < 4.78 is 6.92. The topological polar surface area (TPSA) is 89.0 Å². The summed E-state index contributed by atoms with van der Waals surface area (Å²) in [6, 6.07) is 11.2. The van der Waals surface area contributed by atoms with Crippen LogP contribution in [-0.2, 0) is 4.79 Å². The van der Waals surface area contributed by atoms with Crippen LogP contribution in [0.15, 0.2) is 47.4 Å². The SMILES string of the molecule is COc1ccc(NC(=O)C2CCC(n3c(=O)[nH]c4ncccc43)CC2)cc1. The minimum Gasteiger partial charge on any atom is -0.497 e. The summed E-state index contributed by atoms with van der Waals surface area (Å²) in [5.74, 6) is 0.751. The van der Waals surface area contributed by atoms with E-state index in [1.807, 2.05) is 36.4 Å². The summed E-state index contributed by atoms with van der Waals surface area (Å²) in [4.78, 5) is 31.9. The van der Waals surface area contributed by atoms with Crippen molar-refractivity contribution in [3.05, 3.63) is 53.1 Å². The zero-order chi connectivity index (χ0) is 18.8. The number of nitrogens with one attached hydrogen (secondary N) is 2. The van der Waals surface area contributed by atoms with Crippen molar-refractivity contribution in [1.29, 1.82) is 0 Å². The van der Waals surface area contributed by atoms with Crippen LogP contribution < -0.4 is 15.7 Å². The minimum atomic E-state index is -0.130. The number of anilines is 1. The number of carbonyl (C=O) groups excluding carboxylic acids is 1. The van der Waals surface area contributed by atoms with Gasteiger partial charge in [-0.05, 0) is 62.1 Å². The molecule has 0 radical (unpaired) electrons. The van der Waals surface area contributed by atoms with E-state index in [0.717, 1.165) is 42.6 Å². The van der Waals surface area contributed by atoms with Gasteiger partial charge >= 0.3 is 5.69 Å². The largest absolute Gasteiger partial charge is 0.497 e. The molecule has 7 heteroatoms. The number of carbonyl (C=O) groups is 1. The first-order valence-corrected chi connectivity index (χ1v) is 9.16. The van der Waals surface area contributed by atoms with Gasteiger partial charge in [0.2, 0.25) is 5.91 Å². The van der Waals surface area contributed by atoms with Crippen molar-refractivity contribution in [1.82, 2.24) is 14.5 Å². The van der Waals surface area contributed by atoms with Gasteiger partial charge in [-0.3, -0.25) is 14.3 Å². The third-order valence-electron chi connectivity index (χ3n) is 5.28. The third-order valence-corrected chi connectivity index (χ3v) is 5.28. The van der Waals surface area contributed by atoms with Crippen molar-refractivity contribution in [3.8, 4) is 5.75 Å². The van der Waals surface area contributed by atoms with E-state index in [4.69, 9.17) is 4.74 Å². The molecule has 2 aromatic heterocycles. The maximum atomic E-state index is 12.6. The van der Waals surface area contributed by atoms with Gasteiger partial charge in [0, 0.05) is 23.8 Å². The Hall–Kier alpha value is -3.09. The van der Waals surface area contributed by atoms with Gasteiger partial charge in [-0.25, -0.2) is 9.78 Å². The molecule has 0 saturated heterocycles. The lowest BCUT2D eigenvalue weighted by atomic mass is 9.85. The number of nitrogens with zero attached hydrogens (tertiary/aromatic N) is 2.